The highest BCUT2D eigenvalue weighted by Crippen LogP contribution is 2.36. The number of hydrogen-bond donors (Lipinski definition) is 0. The highest BCUT2D eigenvalue weighted by molar-refractivity contribution is 6.20. The van der Waals surface area contributed by atoms with E-state index in [4.69, 9.17) is 16.3 Å². The predicted molar refractivity (Wildman–Crippen MR) is 65.8 cm³/mol. The molecule has 1 aliphatic heterocycles. The van der Waals surface area contributed by atoms with Crippen molar-refractivity contribution in [3.05, 3.63) is 0 Å². The summed E-state index contributed by atoms with van der Waals surface area (Å²) >= 11 is 6.05. The SMILES string of the molecule is C=NC1OC1C(CCCCC)CC(C)Cl. The van der Waals surface area contributed by atoms with Crippen molar-refractivity contribution < 1.29 is 4.74 Å². The van der Waals surface area contributed by atoms with Crippen molar-refractivity contribution in [1.82, 2.24) is 0 Å². The third-order valence-corrected chi connectivity index (χ3v) is 3.13. The van der Waals surface area contributed by atoms with E-state index in [9.17, 15) is 0 Å². The molecule has 0 amide bonds. The Morgan fingerprint density at radius 2 is 2.20 bits per heavy atom. The van der Waals surface area contributed by atoms with E-state index in [0.717, 1.165) is 6.42 Å². The standard InChI is InChI=1S/C12H22ClNO/c1-4-5-6-7-10(8-9(2)13)11-12(14-3)15-11/h9-12H,3-8H2,1-2H3. The first-order valence-corrected chi connectivity index (χ1v) is 6.38. The van der Waals surface area contributed by atoms with Crippen LogP contribution in [0.5, 0.6) is 0 Å². The number of aliphatic imine (C=N–C) groups is 1. The second-order valence-corrected chi connectivity index (χ2v) is 5.19. The van der Waals surface area contributed by atoms with E-state index in [1.807, 2.05) is 6.92 Å². The van der Waals surface area contributed by atoms with Crippen LogP contribution in [0.15, 0.2) is 4.99 Å². The molecule has 4 atom stereocenters. The van der Waals surface area contributed by atoms with Crippen LogP contribution in [0.4, 0.5) is 0 Å². The van der Waals surface area contributed by atoms with E-state index >= 15 is 0 Å². The average molecular weight is 232 g/mol. The average Bonchev–Trinajstić information content (AvgIpc) is 2.95. The van der Waals surface area contributed by atoms with Gasteiger partial charge in [0.05, 0.1) is 0 Å². The van der Waals surface area contributed by atoms with Gasteiger partial charge in [0.2, 0.25) is 0 Å². The van der Waals surface area contributed by atoms with Crippen LogP contribution in [0.25, 0.3) is 0 Å². The second-order valence-electron chi connectivity index (χ2n) is 4.45. The first kappa shape index (κ1) is 13.0. The van der Waals surface area contributed by atoms with Crippen LogP contribution >= 0.6 is 11.6 Å². The summed E-state index contributed by atoms with van der Waals surface area (Å²) in [6.45, 7) is 7.79. The smallest absolute Gasteiger partial charge is 0.174 e. The van der Waals surface area contributed by atoms with Crippen LogP contribution in [-0.2, 0) is 4.74 Å². The molecule has 0 aromatic rings. The predicted octanol–water partition coefficient (Wildman–Crippen LogP) is 3.63. The molecule has 1 saturated heterocycles. The van der Waals surface area contributed by atoms with Gasteiger partial charge in [-0.05, 0) is 32.4 Å². The van der Waals surface area contributed by atoms with E-state index in [1.165, 1.54) is 25.7 Å². The van der Waals surface area contributed by atoms with Gasteiger partial charge in [-0.3, -0.25) is 4.99 Å². The highest BCUT2D eigenvalue weighted by atomic mass is 35.5. The maximum absolute atomic E-state index is 6.05. The summed E-state index contributed by atoms with van der Waals surface area (Å²) in [4.78, 5) is 3.92. The molecule has 1 heterocycles. The number of nitrogens with zero attached hydrogens (tertiary/aromatic N) is 1. The topological polar surface area (TPSA) is 24.9 Å². The van der Waals surface area contributed by atoms with Crippen molar-refractivity contribution >= 4 is 18.3 Å². The fourth-order valence-corrected chi connectivity index (χ4v) is 2.33. The number of alkyl halides is 1. The van der Waals surface area contributed by atoms with E-state index in [2.05, 4.69) is 18.6 Å². The van der Waals surface area contributed by atoms with Gasteiger partial charge in [0.1, 0.15) is 6.10 Å². The van der Waals surface area contributed by atoms with Gasteiger partial charge in [-0.15, -0.1) is 11.6 Å². The molecule has 0 spiro atoms. The Bertz CT molecular complexity index is 196. The molecule has 88 valence electrons. The molecule has 4 unspecified atom stereocenters. The molecule has 0 bridgehead atoms. The van der Waals surface area contributed by atoms with E-state index in [1.54, 1.807) is 0 Å². The maximum atomic E-state index is 6.05. The van der Waals surface area contributed by atoms with Gasteiger partial charge in [0, 0.05) is 5.38 Å². The third kappa shape index (κ3) is 4.52. The highest BCUT2D eigenvalue weighted by Gasteiger charge is 2.43. The number of hydrogen-bond acceptors (Lipinski definition) is 2. The summed E-state index contributed by atoms with van der Waals surface area (Å²) in [5.74, 6) is 0.569. The summed E-state index contributed by atoms with van der Waals surface area (Å²) in [6, 6.07) is 0. The van der Waals surface area contributed by atoms with Crippen molar-refractivity contribution in [2.75, 3.05) is 0 Å². The van der Waals surface area contributed by atoms with Gasteiger partial charge < -0.3 is 4.74 Å². The molecule has 3 heteroatoms. The monoisotopic (exact) mass is 231 g/mol. The van der Waals surface area contributed by atoms with Crippen LogP contribution in [0, 0.1) is 5.92 Å². The largest absolute Gasteiger partial charge is 0.346 e. The molecule has 1 fully saturated rings. The van der Waals surface area contributed by atoms with E-state index in [0.29, 0.717) is 12.0 Å². The van der Waals surface area contributed by atoms with Gasteiger partial charge in [0.25, 0.3) is 0 Å². The molecule has 2 nitrogen and oxygen atoms in total. The fraction of sp³-hybridized carbons (Fsp3) is 0.917. The lowest BCUT2D eigenvalue weighted by atomic mass is 9.93. The number of epoxide rings is 1. The van der Waals surface area contributed by atoms with E-state index < -0.39 is 0 Å². The van der Waals surface area contributed by atoms with E-state index in [-0.39, 0.29) is 11.6 Å². The number of ether oxygens (including phenoxy) is 1. The molecule has 0 aromatic heterocycles. The Hall–Kier alpha value is -0.0800. The van der Waals surface area contributed by atoms with Crippen molar-refractivity contribution in [3.8, 4) is 0 Å². The second kappa shape index (κ2) is 6.49. The lowest BCUT2D eigenvalue weighted by Crippen LogP contribution is -2.14. The molecule has 0 aliphatic carbocycles. The van der Waals surface area contributed by atoms with Crippen molar-refractivity contribution in [2.24, 2.45) is 10.9 Å². The molecule has 15 heavy (non-hydrogen) atoms. The first-order valence-electron chi connectivity index (χ1n) is 5.94. The van der Waals surface area contributed by atoms with Gasteiger partial charge in [-0.2, -0.15) is 0 Å². The van der Waals surface area contributed by atoms with Crippen molar-refractivity contribution in [2.45, 2.75) is 63.7 Å². The molecule has 1 rings (SSSR count). The third-order valence-electron chi connectivity index (χ3n) is 2.95. The molecule has 0 aromatic carbocycles. The quantitative estimate of drug-likeness (QED) is 0.271. The number of halogens is 1. The molecule has 0 N–H and O–H groups in total. The van der Waals surface area contributed by atoms with Crippen LogP contribution in [0.1, 0.15) is 46.0 Å². The Kier molecular flexibility index (Phi) is 5.62. The Balaban J connectivity index is 2.29. The Labute approximate surface area is 98.1 Å². The minimum absolute atomic E-state index is 0.0482. The first-order chi connectivity index (χ1) is 7.19. The van der Waals surface area contributed by atoms with Gasteiger partial charge in [0.15, 0.2) is 6.23 Å². The summed E-state index contributed by atoms with van der Waals surface area (Å²) in [5, 5.41) is 0.228. The lowest BCUT2D eigenvalue weighted by molar-refractivity contribution is 0.289. The number of rotatable bonds is 8. The van der Waals surface area contributed by atoms with Crippen LogP contribution in [0.3, 0.4) is 0 Å². The van der Waals surface area contributed by atoms with Crippen molar-refractivity contribution in [1.29, 1.82) is 0 Å². The minimum atomic E-state index is 0.0482. The van der Waals surface area contributed by atoms with Gasteiger partial charge in [-0.25, -0.2) is 0 Å². The summed E-state index contributed by atoms with van der Waals surface area (Å²) in [6.07, 6.45) is 6.41. The summed E-state index contributed by atoms with van der Waals surface area (Å²) in [5.41, 5.74) is 0. The maximum Gasteiger partial charge on any atom is 0.174 e. The molecule has 1 aliphatic rings. The minimum Gasteiger partial charge on any atom is -0.346 e. The van der Waals surface area contributed by atoms with Crippen LogP contribution in [0.2, 0.25) is 0 Å². The van der Waals surface area contributed by atoms with Crippen LogP contribution < -0.4 is 0 Å². The lowest BCUT2D eigenvalue weighted by Gasteiger charge is -2.15. The van der Waals surface area contributed by atoms with Gasteiger partial charge in [-0.1, -0.05) is 26.2 Å². The molecule has 0 radical (unpaired) electrons. The molecule has 0 saturated carbocycles. The normalized spacial score (nSPS) is 28.5. The fourth-order valence-electron chi connectivity index (χ4n) is 2.10. The van der Waals surface area contributed by atoms with Crippen molar-refractivity contribution in [3.63, 3.8) is 0 Å². The Morgan fingerprint density at radius 1 is 1.47 bits per heavy atom. The Morgan fingerprint density at radius 3 is 2.67 bits per heavy atom. The summed E-state index contributed by atoms with van der Waals surface area (Å²) < 4.78 is 5.47. The number of unbranched alkanes of at least 4 members (excludes halogenated alkanes) is 2. The zero-order valence-electron chi connectivity index (χ0n) is 9.79. The summed E-state index contributed by atoms with van der Waals surface area (Å²) in [7, 11) is 0. The van der Waals surface area contributed by atoms with Crippen LogP contribution in [-0.4, -0.2) is 24.4 Å². The zero-order valence-corrected chi connectivity index (χ0v) is 10.5. The molecular weight excluding hydrogens is 210 g/mol. The van der Waals surface area contributed by atoms with Gasteiger partial charge >= 0.3 is 0 Å². The zero-order chi connectivity index (χ0) is 11.3. The molecular formula is C12H22ClNO.